The van der Waals surface area contributed by atoms with Crippen molar-refractivity contribution in [1.82, 2.24) is 5.32 Å². The number of benzene rings is 1. The van der Waals surface area contributed by atoms with Gasteiger partial charge in [-0.2, -0.15) is 13.2 Å². The van der Waals surface area contributed by atoms with Crippen LogP contribution in [0.3, 0.4) is 0 Å². The molecule has 1 N–H and O–H groups in total. The van der Waals surface area contributed by atoms with Crippen molar-refractivity contribution in [2.75, 3.05) is 13.2 Å². The summed E-state index contributed by atoms with van der Waals surface area (Å²) in [6, 6.07) is 5.81. The van der Waals surface area contributed by atoms with Gasteiger partial charge in [0.1, 0.15) is 5.75 Å². The van der Waals surface area contributed by atoms with E-state index in [9.17, 15) is 13.2 Å². The minimum absolute atomic E-state index is 0.220. The van der Waals surface area contributed by atoms with Gasteiger partial charge in [0, 0.05) is 6.04 Å². The van der Waals surface area contributed by atoms with Crippen LogP contribution in [0, 0.1) is 6.92 Å². The summed E-state index contributed by atoms with van der Waals surface area (Å²) in [7, 11) is 0. The Balaban J connectivity index is 2.59. The van der Waals surface area contributed by atoms with Gasteiger partial charge in [0.25, 0.3) is 0 Å². The Hall–Kier alpha value is -1.23. The highest BCUT2D eigenvalue weighted by Gasteiger charge is 2.26. The Morgan fingerprint density at radius 2 is 2.00 bits per heavy atom. The van der Waals surface area contributed by atoms with Gasteiger partial charge in [-0.1, -0.05) is 19.1 Å². The minimum Gasteiger partial charge on any atom is -0.493 e. The van der Waals surface area contributed by atoms with E-state index in [0.29, 0.717) is 5.75 Å². The summed E-state index contributed by atoms with van der Waals surface area (Å²) in [5, 5.41) is 3.37. The molecule has 0 fully saturated rings. The second kappa shape index (κ2) is 7.53. The molecule has 1 rings (SSSR count). The molecule has 0 heterocycles. The Labute approximate surface area is 118 Å². The molecule has 0 aliphatic carbocycles. The maximum Gasteiger partial charge on any atom is 0.392 e. The van der Waals surface area contributed by atoms with Crippen molar-refractivity contribution < 1.29 is 17.9 Å². The van der Waals surface area contributed by atoms with Crippen molar-refractivity contribution in [3.05, 3.63) is 29.3 Å². The summed E-state index contributed by atoms with van der Waals surface area (Å²) in [4.78, 5) is 0. The third-order valence-corrected chi connectivity index (χ3v) is 3.04. The van der Waals surface area contributed by atoms with E-state index in [4.69, 9.17) is 4.74 Å². The average molecular weight is 289 g/mol. The molecular weight excluding hydrogens is 267 g/mol. The summed E-state index contributed by atoms with van der Waals surface area (Å²) < 4.78 is 41.4. The van der Waals surface area contributed by atoms with E-state index in [1.807, 2.05) is 19.1 Å². The van der Waals surface area contributed by atoms with Gasteiger partial charge >= 0.3 is 6.18 Å². The molecule has 0 spiro atoms. The molecule has 0 aliphatic heterocycles. The third kappa shape index (κ3) is 5.82. The first-order valence-electron chi connectivity index (χ1n) is 6.87. The number of halogens is 3. The number of aryl methyl sites for hydroxylation is 1. The first-order chi connectivity index (χ1) is 9.33. The molecule has 114 valence electrons. The van der Waals surface area contributed by atoms with E-state index >= 15 is 0 Å². The molecule has 1 unspecified atom stereocenters. The summed E-state index contributed by atoms with van der Waals surface area (Å²) in [5.74, 6) is 0.515. The molecule has 0 bridgehead atoms. The average Bonchev–Trinajstić information content (AvgIpc) is 2.36. The Bertz CT molecular complexity index is 418. The topological polar surface area (TPSA) is 21.3 Å². The lowest BCUT2D eigenvalue weighted by Crippen LogP contribution is -2.19. The molecule has 0 aromatic heterocycles. The monoisotopic (exact) mass is 289 g/mol. The molecule has 0 amide bonds. The van der Waals surface area contributed by atoms with Crippen LogP contribution in [0.25, 0.3) is 0 Å². The highest BCUT2D eigenvalue weighted by molar-refractivity contribution is 5.37. The highest BCUT2D eigenvalue weighted by atomic mass is 19.4. The second-order valence-corrected chi connectivity index (χ2v) is 4.91. The summed E-state index contributed by atoms with van der Waals surface area (Å²) >= 11 is 0. The molecule has 0 radical (unpaired) electrons. The number of nitrogens with one attached hydrogen (secondary N) is 1. The molecular formula is C15H22F3NO. The Morgan fingerprint density at radius 3 is 2.55 bits per heavy atom. The van der Waals surface area contributed by atoms with E-state index in [1.54, 1.807) is 6.07 Å². The van der Waals surface area contributed by atoms with Crippen molar-refractivity contribution in [3.63, 3.8) is 0 Å². The zero-order valence-electron chi connectivity index (χ0n) is 12.2. The Morgan fingerprint density at radius 1 is 1.30 bits per heavy atom. The van der Waals surface area contributed by atoms with Gasteiger partial charge in [0.2, 0.25) is 0 Å². The standard InChI is InChI=1S/C15H22F3NO/c1-4-8-19-12(3)13-5-6-14(11(2)10-13)20-9-7-15(16,17)18/h5-6,10,12,19H,4,7-9H2,1-3H3. The smallest absolute Gasteiger partial charge is 0.392 e. The number of hydrogen-bond acceptors (Lipinski definition) is 2. The van der Waals surface area contributed by atoms with Crippen molar-refractivity contribution in [2.24, 2.45) is 0 Å². The second-order valence-electron chi connectivity index (χ2n) is 4.91. The maximum absolute atomic E-state index is 12.1. The van der Waals surface area contributed by atoms with Gasteiger partial charge in [-0.15, -0.1) is 0 Å². The number of rotatable bonds is 7. The van der Waals surface area contributed by atoms with Crippen LogP contribution in [-0.2, 0) is 0 Å². The van der Waals surface area contributed by atoms with E-state index < -0.39 is 12.6 Å². The van der Waals surface area contributed by atoms with Crippen LogP contribution < -0.4 is 10.1 Å². The van der Waals surface area contributed by atoms with Gasteiger partial charge < -0.3 is 10.1 Å². The van der Waals surface area contributed by atoms with Crippen LogP contribution in [0.4, 0.5) is 13.2 Å². The predicted molar refractivity (Wildman–Crippen MR) is 74.1 cm³/mol. The fourth-order valence-corrected chi connectivity index (χ4v) is 1.86. The quantitative estimate of drug-likeness (QED) is 0.804. The van der Waals surface area contributed by atoms with Crippen LogP contribution in [0.1, 0.15) is 43.9 Å². The lowest BCUT2D eigenvalue weighted by Gasteiger charge is -2.16. The first kappa shape index (κ1) is 16.8. The van der Waals surface area contributed by atoms with E-state index in [0.717, 1.165) is 24.1 Å². The SMILES string of the molecule is CCCNC(C)c1ccc(OCCC(F)(F)F)c(C)c1. The molecule has 20 heavy (non-hydrogen) atoms. The fraction of sp³-hybridized carbons (Fsp3) is 0.600. The molecule has 5 heteroatoms. The van der Waals surface area contributed by atoms with Crippen LogP contribution >= 0.6 is 0 Å². The van der Waals surface area contributed by atoms with Crippen molar-refractivity contribution in [2.45, 2.75) is 45.8 Å². The first-order valence-corrected chi connectivity index (χ1v) is 6.87. The van der Waals surface area contributed by atoms with Gasteiger partial charge in [0.15, 0.2) is 0 Å². The number of hydrogen-bond donors (Lipinski definition) is 1. The number of ether oxygens (including phenoxy) is 1. The molecule has 1 aromatic carbocycles. The largest absolute Gasteiger partial charge is 0.493 e. The zero-order chi connectivity index (χ0) is 15.2. The highest BCUT2D eigenvalue weighted by Crippen LogP contribution is 2.24. The summed E-state index contributed by atoms with van der Waals surface area (Å²) in [5.41, 5.74) is 1.97. The maximum atomic E-state index is 12.1. The van der Waals surface area contributed by atoms with Gasteiger partial charge in [-0.3, -0.25) is 0 Å². The fourth-order valence-electron chi connectivity index (χ4n) is 1.86. The predicted octanol–water partition coefficient (Wildman–Crippen LogP) is 4.39. The molecule has 0 saturated carbocycles. The van der Waals surface area contributed by atoms with Crippen molar-refractivity contribution >= 4 is 0 Å². The number of alkyl halides is 3. The van der Waals surface area contributed by atoms with Crippen LogP contribution in [0.15, 0.2) is 18.2 Å². The third-order valence-electron chi connectivity index (χ3n) is 3.04. The minimum atomic E-state index is -4.17. The van der Waals surface area contributed by atoms with Crippen molar-refractivity contribution in [1.29, 1.82) is 0 Å². The summed E-state index contributed by atoms with van der Waals surface area (Å²) in [6.45, 7) is 6.60. The lowest BCUT2D eigenvalue weighted by atomic mass is 10.0. The van der Waals surface area contributed by atoms with Crippen LogP contribution in [-0.4, -0.2) is 19.3 Å². The van der Waals surface area contributed by atoms with Crippen LogP contribution in [0.5, 0.6) is 5.75 Å². The molecule has 1 aromatic rings. The molecule has 0 aliphatic rings. The molecule has 1 atom stereocenters. The lowest BCUT2D eigenvalue weighted by molar-refractivity contribution is -0.139. The zero-order valence-corrected chi connectivity index (χ0v) is 12.2. The van der Waals surface area contributed by atoms with E-state index in [-0.39, 0.29) is 12.6 Å². The molecule has 2 nitrogen and oxygen atoms in total. The van der Waals surface area contributed by atoms with E-state index in [1.165, 1.54) is 0 Å². The van der Waals surface area contributed by atoms with Crippen molar-refractivity contribution in [3.8, 4) is 5.75 Å². The van der Waals surface area contributed by atoms with E-state index in [2.05, 4.69) is 19.2 Å². The van der Waals surface area contributed by atoms with Crippen LogP contribution in [0.2, 0.25) is 0 Å². The Kier molecular flexibility index (Phi) is 6.33. The van der Waals surface area contributed by atoms with Gasteiger partial charge in [-0.25, -0.2) is 0 Å². The normalized spacial score (nSPS) is 13.3. The van der Waals surface area contributed by atoms with Gasteiger partial charge in [0.05, 0.1) is 13.0 Å². The molecule has 0 saturated heterocycles. The van der Waals surface area contributed by atoms with Gasteiger partial charge in [-0.05, 0) is 44.0 Å². The summed E-state index contributed by atoms with van der Waals surface area (Å²) in [6.07, 6.45) is -4.04.